The minimum absolute atomic E-state index is 0.00690. The molecule has 0 aromatic carbocycles. The molecule has 7 nitrogen and oxygen atoms in total. The third-order valence-corrected chi connectivity index (χ3v) is 2.85. The van der Waals surface area contributed by atoms with Crippen LogP contribution in [0.5, 0.6) is 5.75 Å². The van der Waals surface area contributed by atoms with E-state index in [1.54, 1.807) is 6.92 Å². The predicted octanol–water partition coefficient (Wildman–Crippen LogP) is -0.488. The van der Waals surface area contributed by atoms with Crippen LogP contribution in [0, 0.1) is 6.92 Å². The zero-order valence-electron chi connectivity index (χ0n) is 10.8. The van der Waals surface area contributed by atoms with Gasteiger partial charge >= 0.3 is 5.97 Å². The van der Waals surface area contributed by atoms with Gasteiger partial charge in [-0.1, -0.05) is 0 Å². The highest BCUT2D eigenvalue weighted by Crippen LogP contribution is 2.23. The van der Waals surface area contributed by atoms with Gasteiger partial charge in [-0.3, -0.25) is 15.1 Å². The average Bonchev–Trinajstić information content (AvgIpc) is 2.33. The first-order chi connectivity index (χ1) is 8.88. The molecule has 0 aliphatic rings. The van der Waals surface area contributed by atoms with Crippen LogP contribution in [-0.2, 0) is 17.9 Å². The molecule has 0 radical (unpaired) electrons. The van der Waals surface area contributed by atoms with Gasteiger partial charge < -0.3 is 20.4 Å². The van der Waals surface area contributed by atoms with Crippen LogP contribution < -0.4 is 5.32 Å². The molecule has 0 aliphatic heterocycles. The average molecular weight is 270 g/mol. The highest BCUT2D eigenvalue weighted by atomic mass is 16.4. The normalized spacial score (nSPS) is 14.1. The Hall–Kier alpha value is -1.70. The quantitative estimate of drug-likeness (QED) is 0.472. The Labute approximate surface area is 110 Å². The molecular weight excluding hydrogens is 252 g/mol. The fourth-order valence-corrected chi connectivity index (χ4v) is 1.69. The van der Waals surface area contributed by atoms with Crippen LogP contribution in [0.4, 0.5) is 0 Å². The second kappa shape index (κ2) is 6.46. The van der Waals surface area contributed by atoms with E-state index < -0.39 is 18.1 Å². The maximum Gasteiger partial charge on any atom is 0.323 e. The number of hydrogen-bond donors (Lipinski definition) is 5. The monoisotopic (exact) mass is 270 g/mol. The van der Waals surface area contributed by atoms with Gasteiger partial charge in [0.2, 0.25) is 0 Å². The molecule has 0 bridgehead atoms. The summed E-state index contributed by atoms with van der Waals surface area (Å²) in [6, 6.07) is -1.15. The summed E-state index contributed by atoms with van der Waals surface area (Å²) < 4.78 is 0. The molecule has 0 saturated heterocycles. The van der Waals surface area contributed by atoms with Crippen molar-refractivity contribution in [2.24, 2.45) is 0 Å². The number of pyridine rings is 1. The lowest BCUT2D eigenvalue weighted by atomic mass is 10.1. The standard InChI is InChI=1S/C12H18N2O5/c1-6-11(17)9(8(5-15)3-13-6)4-14-10(7(2)16)12(18)19/h3,7,10,14-17H,4-5H2,1-2H3,(H,18,19). The summed E-state index contributed by atoms with van der Waals surface area (Å²) in [4.78, 5) is 14.8. The topological polar surface area (TPSA) is 123 Å². The highest BCUT2D eigenvalue weighted by molar-refractivity contribution is 5.74. The third-order valence-electron chi connectivity index (χ3n) is 2.85. The molecule has 19 heavy (non-hydrogen) atoms. The van der Waals surface area contributed by atoms with Crippen molar-refractivity contribution in [3.05, 3.63) is 23.0 Å². The van der Waals surface area contributed by atoms with Gasteiger partial charge in [0, 0.05) is 23.9 Å². The number of hydrogen-bond acceptors (Lipinski definition) is 6. The highest BCUT2D eigenvalue weighted by Gasteiger charge is 2.23. The van der Waals surface area contributed by atoms with Gasteiger partial charge in [-0.2, -0.15) is 0 Å². The molecule has 106 valence electrons. The fourth-order valence-electron chi connectivity index (χ4n) is 1.69. The van der Waals surface area contributed by atoms with E-state index in [-0.39, 0.29) is 18.9 Å². The van der Waals surface area contributed by atoms with E-state index in [9.17, 15) is 20.1 Å². The third kappa shape index (κ3) is 3.63. The van der Waals surface area contributed by atoms with Crippen molar-refractivity contribution in [2.45, 2.75) is 39.1 Å². The number of carboxylic acids is 1. The number of aryl methyl sites for hydroxylation is 1. The van der Waals surface area contributed by atoms with Gasteiger partial charge in [0.15, 0.2) is 0 Å². The molecule has 0 saturated carbocycles. The number of nitrogens with one attached hydrogen (secondary N) is 1. The molecule has 1 heterocycles. The summed E-state index contributed by atoms with van der Waals surface area (Å²) in [5.74, 6) is -1.28. The molecule has 5 N–H and O–H groups in total. The van der Waals surface area contributed by atoms with Gasteiger partial charge in [0.1, 0.15) is 11.8 Å². The summed E-state index contributed by atoms with van der Waals surface area (Å²) in [6.07, 6.45) is 0.338. The van der Waals surface area contributed by atoms with Crippen LogP contribution in [0.2, 0.25) is 0 Å². The Bertz CT molecular complexity index is 462. The number of carboxylic acid groups (broad SMARTS) is 1. The van der Waals surface area contributed by atoms with Crippen molar-refractivity contribution in [2.75, 3.05) is 0 Å². The van der Waals surface area contributed by atoms with E-state index in [1.807, 2.05) is 0 Å². The second-order valence-electron chi connectivity index (χ2n) is 4.29. The first-order valence-corrected chi connectivity index (χ1v) is 5.79. The smallest absolute Gasteiger partial charge is 0.323 e. The first kappa shape index (κ1) is 15.4. The number of aliphatic hydroxyl groups excluding tert-OH is 2. The molecular formula is C12H18N2O5. The lowest BCUT2D eigenvalue weighted by Crippen LogP contribution is -2.44. The molecule has 2 atom stereocenters. The predicted molar refractivity (Wildman–Crippen MR) is 66.5 cm³/mol. The summed E-state index contributed by atoms with van der Waals surface area (Å²) in [5.41, 5.74) is 1.17. The first-order valence-electron chi connectivity index (χ1n) is 5.79. The van der Waals surface area contributed by atoms with Gasteiger partial charge in [-0.15, -0.1) is 0 Å². The second-order valence-corrected chi connectivity index (χ2v) is 4.29. The molecule has 1 rings (SSSR count). The van der Waals surface area contributed by atoms with E-state index >= 15 is 0 Å². The molecule has 0 aliphatic carbocycles. The number of aliphatic hydroxyl groups is 2. The van der Waals surface area contributed by atoms with Crippen LogP contribution in [0.1, 0.15) is 23.7 Å². The Morgan fingerprint density at radius 1 is 1.53 bits per heavy atom. The molecule has 7 heteroatoms. The van der Waals surface area contributed by atoms with Crippen molar-refractivity contribution in [3.8, 4) is 5.75 Å². The number of aliphatic carboxylic acids is 1. The molecule has 1 aromatic heterocycles. The zero-order valence-corrected chi connectivity index (χ0v) is 10.8. The maximum atomic E-state index is 10.9. The Morgan fingerprint density at radius 2 is 2.16 bits per heavy atom. The van der Waals surface area contributed by atoms with Crippen molar-refractivity contribution >= 4 is 5.97 Å². The molecule has 1 aromatic rings. The van der Waals surface area contributed by atoms with E-state index in [4.69, 9.17) is 5.11 Å². The lowest BCUT2D eigenvalue weighted by Gasteiger charge is -2.19. The van der Waals surface area contributed by atoms with Crippen LogP contribution in [-0.4, -0.2) is 43.5 Å². The number of rotatable bonds is 6. The fraction of sp³-hybridized carbons (Fsp3) is 0.500. The van der Waals surface area contributed by atoms with Crippen LogP contribution >= 0.6 is 0 Å². The van der Waals surface area contributed by atoms with Crippen molar-refractivity contribution < 1.29 is 25.2 Å². The van der Waals surface area contributed by atoms with E-state index in [2.05, 4.69) is 10.3 Å². The summed E-state index contributed by atoms with van der Waals surface area (Å²) >= 11 is 0. The molecule has 0 spiro atoms. The van der Waals surface area contributed by atoms with Gasteiger partial charge in [-0.25, -0.2) is 0 Å². The largest absolute Gasteiger partial charge is 0.506 e. The minimum atomic E-state index is -1.19. The van der Waals surface area contributed by atoms with Gasteiger partial charge in [0.05, 0.1) is 18.4 Å². The Balaban J connectivity index is 2.93. The SMILES string of the molecule is Cc1ncc(CO)c(CNC(C(=O)O)C(C)O)c1O. The number of aromatic nitrogens is 1. The van der Waals surface area contributed by atoms with Gasteiger partial charge in [-0.05, 0) is 13.8 Å². The molecule has 0 fully saturated rings. The number of nitrogens with zero attached hydrogens (tertiary/aromatic N) is 1. The van der Waals surface area contributed by atoms with Crippen LogP contribution in [0.3, 0.4) is 0 Å². The minimum Gasteiger partial charge on any atom is -0.506 e. The molecule has 2 unspecified atom stereocenters. The summed E-state index contributed by atoms with van der Waals surface area (Å²) in [5, 5.41) is 39.9. The van der Waals surface area contributed by atoms with Crippen molar-refractivity contribution in [1.29, 1.82) is 0 Å². The van der Waals surface area contributed by atoms with Crippen molar-refractivity contribution in [1.82, 2.24) is 10.3 Å². The number of aromatic hydroxyl groups is 1. The van der Waals surface area contributed by atoms with Gasteiger partial charge in [0.25, 0.3) is 0 Å². The van der Waals surface area contributed by atoms with E-state index in [0.717, 1.165) is 0 Å². The Kier molecular flexibility index (Phi) is 5.22. The number of carbonyl (C=O) groups is 1. The maximum absolute atomic E-state index is 10.9. The summed E-state index contributed by atoms with van der Waals surface area (Å²) in [7, 11) is 0. The van der Waals surface area contributed by atoms with Crippen molar-refractivity contribution in [3.63, 3.8) is 0 Å². The Morgan fingerprint density at radius 3 is 2.63 bits per heavy atom. The molecule has 0 amide bonds. The van der Waals surface area contributed by atoms with Crippen LogP contribution in [0.25, 0.3) is 0 Å². The lowest BCUT2D eigenvalue weighted by molar-refractivity contribution is -0.142. The van der Waals surface area contributed by atoms with E-state index in [1.165, 1.54) is 13.1 Å². The zero-order chi connectivity index (χ0) is 14.6. The van der Waals surface area contributed by atoms with Crippen LogP contribution in [0.15, 0.2) is 6.20 Å². The van der Waals surface area contributed by atoms with E-state index in [0.29, 0.717) is 16.8 Å². The summed E-state index contributed by atoms with van der Waals surface area (Å²) in [6.45, 7) is 2.65.